The highest BCUT2D eigenvalue weighted by Gasteiger charge is 2.31. The van der Waals surface area contributed by atoms with Gasteiger partial charge >= 0.3 is 0 Å². The van der Waals surface area contributed by atoms with Gasteiger partial charge in [-0.2, -0.15) is 4.39 Å². The molecule has 2 saturated carbocycles. The summed E-state index contributed by atoms with van der Waals surface area (Å²) in [6.07, 6.45) is 17.6. The van der Waals surface area contributed by atoms with Gasteiger partial charge in [-0.3, -0.25) is 0 Å². The fourth-order valence-corrected chi connectivity index (χ4v) is 6.64. The summed E-state index contributed by atoms with van der Waals surface area (Å²) in [6.45, 7) is 5.11. The summed E-state index contributed by atoms with van der Waals surface area (Å²) in [5.74, 6) is 0.557. The van der Waals surface area contributed by atoms with Gasteiger partial charge in [0.15, 0.2) is 23.1 Å². The van der Waals surface area contributed by atoms with Crippen molar-refractivity contribution in [1.29, 1.82) is 0 Å². The van der Waals surface area contributed by atoms with Crippen LogP contribution in [0.4, 0.5) is 13.2 Å². The third-order valence-electron chi connectivity index (χ3n) is 9.19. The van der Waals surface area contributed by atoms with Crippen LogP contribution >= 0.6 is 0 Å². The monoisotopic (exact) mass is 544 g/mol. The van der Waals surface area contributed by atoms with Crippen molar-refractivity contribution < 1.29 is 22.6 Å². The molecule has 2 aliphatic carbocycles. The molecule has 2 aliphatic rings. The number of hydrogen-bond donors (Lipinski definition) is 0. The number of rotatable bonds is 13. The van der Waals surface area contributed by atoms with Crippen LogP contribution in [0.3, 0.4) is 0 Å². The Morgan fingerprint density at radius 3 is 1.95 bits per heavy atom. The van der Waals surface area contributed by atoms with Crippen LogP contribution in [-0.2, 0) is 0 Å². The van der Waals surface area contributed by atoms with Crippen molar-refractivity contribution in [2.24, 2.45) is 23.7 Å². The van der Waals surface area contributed by atoms with E-state index in [1.54, 1.807) is 6.07 Å². The van der Waals surface area contributed by atoms with Crippen LogP contribution in [-0.4, -0.2) is 13.2 Å². The van der Waals surface area contributed by atoms with Crippen LogP contribution in [0.1, 0.15) is 104 Å². The molecule has 0 heterocycles. The van der Waals surface area contributed by atoms with Crippen molar-refractivity contribution in [2.75, 3.05) is 13.2 Å². The molecule has 2 aromatic carbocycles. The zero-order valence-corrected chi connectivity index (χ0v) is 24.0. The van der Waals surface area contributed by atoms with Crippen molar-refractivity contribution in [3.63, 3.8) is 0 Å². The van der Waals surface area contributed by atoms with Crippen LogP contribution in [0.2, 0.25) is 0 Å². The van der Waals surface area contributed by atoms with E-state index in [2.05, 4.69) is 6.92 Å². The lowest BCUT2D eigenvalue weighted by atomic mass is 9.69. The highest BCUT2D eigenvalue weighted by molar-refractivity contribution is 5.66. The van der Waals surface area contributed by atoms with E-state index >= 15 is 0 Å². The maximum Gasteiger partial charge on any atom is 0.201 e. The van der Waals surface area contributed by atoms with E-state index in [-0.39, 0.29) is 22.6 Å². The molecule has 0 atom stereocenters. The third kappa shape index (κ3) is 8.17. The lowest BCUT2D eigenvalue weighted by Gasteiger charge is -2.38. The van der Waals surface area contributed by atoms with Gasteiger partial charge in [0.25, 0.3) is 0 Å². The molecule has 4 rings (SSSR count). The van der Waals surface area contributed by atoms with E-state index in [0.717, 1.165) is 43.4 Å². The molecule has 39 heavy (non-hydrogen) atoms. The molecule has 0 radical (unpaired) electrons. The van der Waals surface area contributed by atoms with Crippen molar-refractivity contribution in [3.05, 3.63) is 47.8 Å². The molecule has 0 N–H and O–H groups in total. The van der Waals surface area contributed by atoms with E-state index in [0.29, 0.717) is 19.1 Å². The molecular weight excluding hydrogens is 497 g/mol. The van der Waals surface area contributed by atoms with Crippen LogP contribution in [0.5, 0.6) is 11.5 Å². The number of benzene rings is 2. The van der Waals surface area contributed by atoms with Gasteiger partial charge in [-0.1, -0.05) is 64.9 Å². The van der Waals surface area contributed by atoms with Crippen molar-refractivity contribution in [1.82, 2.24) is 0 Å². The Morgan fingerprint density at radius 2 is 1.31 bits per heavy atom. The van der Waals surface area contributed by atoms with Gasteiger partial charge in [-0.15, -0.1) is 0 Å². The molecule has 0 bridgehead atoms. The molecule has 0 aromatic heterocycles. The predicted molar refractivity (Wildman–Crippen MR) is 153 cm³/mol. The van der Waals surface area contributed by atoms with Gasteiger partial charge in [0.05, 0.1) is 13.2 Å². The average molecular weight is 545 g/mol. The second kappa shape index (κ2) is 15.0. The first-order valence-electron chi connectivity index (χ1n) is 15.5. The predicted octanol–water partition coefficient (Wildman–Crippen LogP) is 10.5. The van der Waals surface area contributed by atoms with Gasteiger partial charge in [-0.05, 0) is 98.4 Å². The number of unbranched alkanes of at least 4 members (excludes halogenated alkanes) is 3. The van der Waals surface area contributed by atoms with Crippen LogP contribution < -0.4 is 9.47 Å². The Hall–Kier alpha value is -2.17. The minimum Gasteiger partial charge on any atom is -0.490 e. The minimum absolute atomic E-state index is 0.00843. The molecule has 2 aromatic rings. The van der Waals surface area contributed by atoms with E-state index < -0.39 is 17.5 Å². The molecule has 0 spiro atoms. The summed E-state index contributed by atoms with van der Waals surface area (Å²) in [5.41, 5.74) is 0.283. The lowest BCUT2D eigenvalue weighted by molar-refractivity contribution is 0.120. The normalized spacial score (nSPS) is 23.5. The first kappa shape index (κ1) is 29.8. The Labute approximate surface area is 233 Å². The summed E-state index contributed by atoms with van der Waals surface area (Å²) in [4.78, 5) is 0. The topological polar surface area (TPSA) is 18.5 Å². The fraction of sp³-hybridized carbons (Fsp3) is 0.647. The number of ether oxygens (including phenoxy) is 2. The lowest BCUT2D eigenvalue weighted by Crippen LogP contribution is -2.27. The second-order valence-corrected chi connectivity index (χ2v) is 12.0. The van der Waals surface area contributed by atoms with E-state index in [9.17, 15) is 13.2 Å². The Morgan fingerprint density at radius 1 is 0.667 bits per heavy atom. The maximum atomic E-state index is 14.9. The van der Waals surface area contributed by atoms with Crippen LogP contribution in [0.25, 0.3) is 11.1 Å². The molecule has 2 nitrogen and oxygen atoms in total. The highest BCUT2D eigenvalue weighted by atomic mass is 19.2. The molecular formula is C34H47F3O2. The average Bonchev–Trinajstić information content (AvgIpc) is 2.96. The van der Waals surface area contributed by atoms with Crippen molar-refractivity contribution in [2.45, 2.75) is 104 Å². The largest absolute Gasteiger partial charge is 0.490 e. The summed E-state index contributed by atoms with van der Waals surface area (Å²) in [6, 6.07) is 7.18. The summed E-state index contributed by atoms with van der Waals surface area (Å²) in [5, 5.41) is 0. The van der Waals surface area contributed by atoms with Gasteiger partial charge in [0, 0.05) is 5.56 Å². The Balaban J connectivity index is 1.23. The van der Waals surface area contributed by atoms with Gasteiger partial charge in [0.2, 0.25) is 5.82 Å². The van der Waals surface area contributed by atoms with Crippen LogP contribution in [0, 0.1) is 41.1 Å². The zero-order valence-electron chi connectivity index (χ0n) is 24.0. The molecule has 0 aliphatic heterocycles. The molecule has 0 saturated heterocycles. The second-order valence-electron chi connectivity index (χ2n) is 12.0. The number of hydrogen-bond acceptors (Lipinski definition) is 2. The zero-order chi connectivity index (χ0) is 27.6. The maximum absolute atomic E-state index is 14.9. The summed E-state index contributed by atoms with van der Waals surface area (Å²) in [7, 11) is 0. The Bertz CT molecular complexity index is 1020. The minimum atomic E-state index is -1.04. The molecule has 216 valence electrons. The Kier molecular flexibility index (Phi) is 11.5. The molecule has 2 fully saturated rings. The number of halogens is 3. The van der Waals surface area contributed by atoms with Crippen LogP contribution in [0.15, 0.2) is 30.3 Å². The molecule has 5 heteroatoms. The summed E-state index contributed by atoms with van der Waals surface area (Å²) < 4.78 is 55.3. The van der Waals surface area contributed by atoms with Crippen molar-refractivity contribution in [3.8, 4) is 22.6 Å². The van der Waals surface area contributed by atoms with E-state index in [1.165, 1.54) is 88.5 Å². The first-order valence-corrected chi connectivity index (χ1v) is 15.5. The quantitative estimate of drug-likeness (QED) is 0.234. The smallest absolute Gasteiger partial charge is 0.201 e. The van der Waals surface area contributed by atoms with Crippen molar-refractivity contribution >= 4 is 0 Å². The SMILES string of the molecule is CCCCCC1CCC(C2CCC(COc3ccc(-c4ccc(OCCCC)c(F)c4F)cc3F)CC2)CC1. The molecule has 0 unspecified atom stereocenters. The highest BCUT2D eigenvalue weighted by Crippen LogP contribution is 2.42. The fourth-order valence-electron chi connectivity index (χ4n) is 6.64. The van der Waals surface area contributed by atoms with E-state index in [4.69, 9.17) is 9.47 Å². The van der Waals surface area contributed by atoms with Gasteiger partial charge in [0.1, 0.15) is 0 Å². The van der Waals surface area contributed by atoms with E-state index in [1.807, 2.05) is 6.92 Å². The third-order valence-corrected chi connectivity index (χ3v) is 9.19. The summed E-state index contributed by atoms with van der Waals surface area (Å²) >= 11 is 0. The van der Waals surface area contributed by atoms with Gasteiger partial charge < -0.3 is 9.47 Å². The van der Waals surface area contributed by atoms with Gasteiger partial charge in [-0.25, -0.2) is 8.78 Å². The standard InChI is InChI=1S/C34H47F3O2/c1-3-5-7-8-24-9-13-26(14-10-24)27-15-11-25(12-16-27)23-39-31-19-17-28(22-30(31)35)29-18-20-32(34(37)33(29)36)38-21-6-4-2/h17-20,22,24-27H,3-16,21,23H2,1-2H3. The molecule has 0 amide bonds. The first-order chi connectivity index (χ1) is 19.0.